The van der Waals surface area contributed by atoms with Crippen molar-refractivity contribution in [1.29, 1.82) is 0 Å². The Balaban J connectivity index is 0.000000400. The molecule has 0 atom stereocenters. The van der Waals surface area contributed by atoms with Gasteiger partial charge in [-0.25, -0.2) is 0 Å². The fourth-order valence-electron chi connectivity index (χ4n) is 5.61. The summed E-state index contributed by atoms with van der Waals surface area (Å²) in [7, 11) is 0. The maximum absolute atomic E-state index is 3.38. The Labute approximate surface area is 306 Å². The Hall–Kier alpha value is -2.61. The second kappa shape index (κ2) is 21.3. The summed E-state index contributed by atoms with van der Waals surface area (Å²) in [5.74, 6) is 0. The van der Waals surface area contributed by atoms with E-state index >= 15 is 0 Å². The van der Waals surface area contributed by atoms with Crippen molar-refractivity contribution >= 4 is 21.5 Å². The molecule has 0 radical (unpaired) electrons. The Kier molecular flexibility index (Phi) is 19.2. The van der Waals surface area contributed by atoms with Gasteiger partial charge in [-0.15, -0.1) is 69.1 Å². The van der Waals surface area contributed by atoms with E-state index in [2.05, 4.69) is 151 Å². The van der Waals surface area contributed by atoms with E-state index in [9.17, 15) is 0 Å². The van der Waals surface area contributed by atoms with Crippen molar-refractivity contribution in [1.82, 2.24) is 0 Å². The zero-order chi connectivity index (χ0) is 30.6. The van der Waals surface area contributed by atoms with Crippen LogP contribution in [-0.2, 0) is 34.6 Å². The smallest absolute Gasteiger partial charge is 1.00 e. The zero-order valence-electron chi connectivity index (χ0n) is 28.0. The summed E-state index contributed by atoms with van der Waals surface area (Å²) in [6, 6.07) is 40.4. The van der Waals surface area contributed by atoms with Gasteiger partial charge in [0.15, 0.2) is 0 Å². The average molecular weight is 684 g/mol. The predicted octanol–water partition coefficient (Wildman–Crippen LogP) is 6.80. The van der Waals surface area contributed by atoms with Crippen molar-refractivity contribution < 1.29 is 46.5 Å². The van der Waals surface area contributed by atoms with Crippen molar-refractivity contribution in [2.45, 2.75) is 72.6 Å². The molecule has 0 spiro atoms. The molecule has 46 heavy (non-hydrogen) atoms. The maximum atomic E-state index is 3.38. The monoisotopic (exact) mass is 682 g/mol. The van der Waals surface area contributed by atoms with Crippen LogP contribution in [0.1, 0.15) is 68.2 Å². The fraction of sp³-hybridized carbons (Fsp3) is 0.256. The largest absolute Gasteiger partial charge is 2.00 e. The molecule has 3 heteroatoms. The number of fused-ring (bicyclic) bond motifs is 2. The Morgan fingerprint density at radius 1 is 0.543 bits per heavy atom. The summed E-state index contributed by atoms with van der Waals surface area (Å²) < 4.78 is 0. The molecule has 0 aliphatic carbocycles. The van der Waals surface area contributed by atoms with Crippen LogP contribution in [0, 0.1) is 27.7 Å². The van der Waals surface area contributed by atoms with Gasteiger partial charge in [-0.05, 0) is 37.8 Å². The van der Waals surface area contributed by atoms with Crippen LogP contribution in [0.2, 0.25) is 0 Å². The van der Waals surface area contributed by atoms with Gasteiger partial charge in [-0.3, -0.25) is 0 Å². The summed E-state index contributed by atoms with van der Waals surface area (Å²) in [5, 5.41) is 5.52. The second-order valence-electron chi connectivity index (χ2n) is 11.6. The summed E-state index contributed by atoms with van der Waals surface area (Å²) in [5.41, 5.74) is 10.9. The van der Waals surface area contributed by atoms with Gasteiger partial charge in [0, 0.05) is 0 Å². The van der Waals surface area contributed by atoms with Crippen molar-refractivity contribution in [2.24, 2.45) is 0 Å². The molecular formula is C43H48Cl2Ti-4. The first kappa shape index (κ1) is 41.4. The minimum Gasteiger partial charge on any atom is -1.00 e. The Morgan fingerprint density at radius 3 is 1.22 bits per heavy atom. The number of unbranched alkanes of at least 4 members (excludes halogenated alkanes) is 2. The zero-order valence-corrected chi connectivity index (χ0v) is 31.1. The quantitative estimate of drug-likeness (QED) is 0.122. The standard InChI is InChI=1S/2C20H21.C3H6.2ClH.Ti/c2*1-3-4-6-16-13-18-7-5-8-19(20(18)14-16)17-11-9-15(2)10-12-17;1-3-2;;;/h2*5,7-14H,3-4,6H2,1-2H3;1-3H2;2*1H;/q2*-1;-2;;;+2/p-2. The van der Waals surface area contributed by atoms with E-state index in [1.54, 1.807) is 0 Å². The molecular weight excluding hydrogens is 635 g/mol. The van der Waals surface area contributed by atoms with Gasteiger partial charge in [-0.1, -0.05) is 122 Å². The maximum Gasteiger partial charge on any atom is 2.00 e. The molecule has 0 N–H and O–H groups in total. The van der Waals surface area contributed by atoms with Gasteiger partial charge in [0.05, 0.1) is 0 Å². The molecule has 0 amide bonds. The third-order valence-electron chi connectivity index (χ3n) is 7.98. The van der Waals surface area contributed by atoms with Gasteiger partial charge in [-0.2, -0.15) is 12.1 Å². The molecule has 6 aromatic rings. The van der Waals surface area contributed by atoms with Crippen LogP contribution in [0.3, 0.4) is 0 Å². The Bertz CT molecular complexity index is 1560. The number of halogens is 2. The number of hydrogen-bond donors (Lipinski definition) is 0. The Morgan fingerprint density at radius 2 is 0.891 bits per heavy atom. The molecule has 6 rings (SSSR count). The van der Waals surface area contributed by atoms with Crippen LogP contribution in [0.15, 0.2) is 109 Å². The van der Waals surface area contributed by atoms with Crippen molar-refractivity contribution in [3.8, 4) is 22.3 Å². The van der Waals surface area contributed by atoms with Crippen LogP contribution in [0.5, 0.6) is 0 Å². The molecule has 0 bridgehead atoms. The molecule has 0 aliphatic rings. The SMILES string of the molecule is CCCCc1cc2c(-c3ccc(C)cc3)cccc2[cH-]1.CCCCc1cc2c(-c3ccc(C)cc3)cccc2[cH-]1.[CH2-]C[CH2-].[Cl-].[Cl-].[Ti+2]. The first-order chi connectivity index (χ1) is 21.0. The topological polar surface area (TPSA) is 0 Å². The van der Waals surface area contributed by atoms with Gasteiger partial charge in [0.1, 0.15) is 0 Å². The van der Waals surface area contributed by atoms with Crippen molar-refractivity contribution in [3.63, 3.8) is 0 Å². The first-order valence-electron chi connectivity index (χ1n) is 16.1. The van der Waals surface area contributed by atoms with E-state index in [4.69, 9.17) is 0 Å². The second-order valence-corrected chi connectivity index (χ2v) is 11.6. The van der Waals surface area contributed by atoms with Gasteiger partial charge < -0.3 is 45.1 Å². The molecule has 0 fully saturated rings. The van der Waals surface area contributed by atoms with Gasteiger partial charge in [0.25, 0.3) is 0 Å². The van der Waals surface area contributed by atoms with Crippen LogP contribution in [0.25, 0.3) is 43.8 Å². The first-order valence-corrected chi connectivity index (χ1v) is 16.1. The number of hydrogen-bond acceptors (Lipinski definition) is 0. The molecule has 6 aromatic carbocycles. The molecule has 242 valence electrons. The van der Waals surface area contributed by atoms with Crippen LogP contribution < -0.4 is 24.8 Å². The van der Waals surface area contributed by atoms with E-state index in [0.717, 1.165) is 6.42 Å². The number of rotatable bonds is 8. The minimum absolute atomic E-state index is 0. The normalized spacial score (nSPS) is 10.0. The van der Waals surface area contributed by atoms with E-state index in [1.165, 1.54) is 105 Å². The van der Waals surface area contributed by atoms with Crippen LogP contribution in [-0.4, -0.2) is 0 Å². The van der Waals surface area contributed by atoms with Crippen LogP contribution >= 0.6 is 0 Å². The van der Waals surface area contributed by atoms with Crippen LogP contribution in [0.4, 0.5) is 0 Å². The molecule has 0 nitrogen and oxygen atoms in total. The van der Waals surface area contributed by atoms with Crippen molar-refractivity contribution in [2.75, 3.05) is 0 Å². The predicted molar refractivity (Wildman–Crippen MR) is 192 cm³/mol. The molecule has 0 aliphatic heterocycles. The van der Waals surface area contributed by atoms with Gasteiger partial charge in [0.2, 0.25) is 0 Å². The fourth-order valence-corrected chi connectivity index (χ4v) is 5.61. The number of benzene rings is 4. The third kappa shape index (κ3) is 11.3. The van der Waals surface area contributed by atoms with E-state index in [1.807, 2.05) is 0 Å². The van der Waals surface area contributed by atoms with Gasteiger partial charge >= 0.3 is 21.7 Å². The summed E-state index contributed by atoms with van der Waals surface area (Å²) in [4.78, 5) is 0. The summed E-state index contributed by atoms with van der Waals surface area (Å²) >= 11 is 0. The molecule has 0 heterocycles. The van der Waals surface area contributed by atoms with E-state index in [0.29, 0.717) is 0 Å². The molecule has 0 unspecified atom stereocenters. The average Bonchev–Trinajstić information content (AvgIpc) is 3.64. The third-order valence-corrected chi connectivity index (χ3v) is 7.98. The summed E-state index contributed by atoms with van der Waals surface area (Å²) in [6.45, 7) is 15.5. The van der Waals surface area contributed by atoms with E-state index in [-0.39, 0.29) is 46.5 Å². The number of aryl methyl sites for hydroxylation is 4. The minimum atomic E-state index is 0. The molecule has 0 aromatic heterocycles. The van der Waals surface area contributed by atoms with E-state index < -0.39 is 0 Å². The van der Waals surface area contributed by atoms with Crippen molar-refractivity contribution in [3.05, 3.63) is 145 Å². The molecule has 0 saturated heterocycles. The molecule has 0 saturated carbocycles. The summed E-state index contributed by atoms with van der Waals surface area (Å²) in [6.07, 6.45) is 8.20.